The Morgan fingerprint density at radius 3 is 2.18 bits per heavy atom. The van der Waals surface area contributed by atoms with Gasteiger partial charge >= 0.3 is 18.2 Å². The summed E-state index contributed by atoms with van der Waals surface area (Å²) in [5.74, 6) is -3.52. The van der Waals surface area contributed by atoms with E-state index in [1.165, 1.54) is 24.3 Å². The van der Waals surface area contributed by atoms with Gasteiger partial charge in [-0.05, 0) is 67.1 Å². The average molecular weight is 720 g/mol. The summed E-state index contributed by atoms with van der Waals surface area (Å²) in [6.45, 7) is 2.08. The minimum absolute atomic E-state index is 0.0329. The molecule has 0 saturated heterocycles. The van der Waals surface area contributed by atoms with Gasteiger partial charge in [0.25, 0.3) is 11.8 Å². The number of nitrogens with one attached hydrogen (secondary N) is 4. The fourth-order valence-corrected chi connectivity index (χ4v) is 5.09. The Morgan fingerprint density at radius 2 is 1.60 bits per heavy atom. The molecule has 50 heavy (non-hydrogen) atoms. The second-order valence-electron chi connectivity index (χ2n) is 11.8. The first-order valence-corrected chi connectivity index (χ1v) is 16.3. The lowest BCUT2D eigenvalue weighted by molar-refractivity contribution is -0.154. The monoisotopic (exact) mass is 719 g/mol. The predicted molar refractivity (Wildman–Crippen MR) is 177 cm³/mol. The minimum Gasteiger partial charge on any atom is -0.480 e. The summed E-state index contributed by atoms with van der Waals surface area (Å²) >= 11 is 6.01. The molecule has 17 heteroatoms. The van der Waals surface area contributed by atoms with Crippen molar-refractivity contribution in [2.24, 2.45) is 5.92 Å². The summed E-state index contributed by atoms with van der Waals surface area (Å²) < 4.78 is 43.5. The molecule has 0 unspecified atom stereocenters. The van der Waals surface area contributed by atoms with Gasteiger partial charge in [-0.25, -0.2) is 4.79 Å². The first-order valence-electron chi connectivity index (χ1n) is 15.9. The number of benzene rings is 2. The Hall–Kier alpha value is -4.99. The number of alkyl halides is 3. The van der Waals surface area contributed by atoms with Crippen LogP contribution in [-0.4, -0.2) is 69.0 Å². The number of carboxylic acids is 1. The van der Waals surface area contributed by atoms with E-state index in [1.807, 2.05) is 26.0 Å². The van der Waals surface area contributed by atoms with Crippen molar-refractivity contribution in [2.45, 2.75) is 70.1 Å². The molecule has 1 aliphatic rings. The zero-order valence-electron chi connectivity index (χ0n) is 27.3. The number of carboxylic acid groups (broad SMARTS) is 1. The highest BCUT2D eigenvalue weighted by molar-refractivity contribution is 6.36. The molecule has 1 atom stereocenters. The van der Waals surface area contributed by atoms with Crippen molar-refractivity contribution in [3.8, 4) is 6.01 Å². The molecule has 0 radical (unpaired) electrons. The van der Waals surface area contributed by atoms with Crippen molar-refractivity contribution >= 4 is 52.8 Å². The fourth-order valence-electron chi connectivity index (χ4n) is 4.97. The van der Waals surface area contributed by atoms with E-state index in [-0.39, 0.29) is 42.8 Å². The minimum atomic E-state index is -4.63. The number of carbonyl (C=O) groups is 4. The number of nitrogens with zero attached hydrogens (tertiary/aromatic N) is 3. The summed E-state index contributed by atoms with van der Waals surface area (Å²) in [4.78, 5) is 61.2. The van der Waals surface area contributed by atoms with Crippen LogP contribution in [0.1, 0.15) is 68.3 Å². The van der Waals surface area contributed by atoms with E-state index in [9.17, 15) is 37.5 Å². The average Bonchev–Trinajstić information content (AvgIpc) is 3.85. The highest BCUT2D eigenvalue weighted by atomic mass is 35.5. The zero-order valence-corrected chi connectivity index (χ0v) is 28.0. The molecule has 1 saturated carbocycles. The molecule has 4 rings (SSSR count). The van der Waals surface area contributed by atoms with Crippen molar-refractivity contribution in [3.05, 3.63) is 64.7 Å². The summed E-state index contributed by atoms with van der Waals surface area (Å²) in [7, 11) is 0. The van der Waals surface area contributed by atoms with Gasteiger partial charge in [-0.3, -0.25) is 14.4 Å². The first-order chi connectivity index (χ1) is 23.7. The van der Waals surface area contributed by atoms with Crippen LogP contribution < -0.4 is 26.0 Å². The van der Waals surface area contributed by atoms with E-state index in [0.717, 1.165) is 18.4 Å². The Balaban J connectivity index is 1.40. The summed E-state index contributed by atoms with van der Waals surface area (Å²) in [6.07, 6.45) is -1.77. The Labute approximate surface area is 290 Å². The molecular weight excluding hydrogens is 683 g/mol. The third-order valence-electron chi connectivity index (χ3n) is 8.08. The lowest BCUT2D eigenvalue weighted by atomic mass is 9.97. The van der Waals surface area contributed by atoms with Gasteiger partial charge in [-0.1, -0.05) is 50.4 Å². The van der Waals surface area contributed by atoms with Crippen molar-refractivity contribution in [2.75, 3.05) is 23.8 Å². The largest absolute Gasteiger partial charge is 0.480 e. The smallest absolute Gasteiger partial charge is 0.422 e. The molecule has 13 nitrogen and oxygen atoms in total. The molecule has 1 heterocycles. The van der Waals surface area contributed by atoms with Crippen LogP contribution in [-0.2, 0) is 19.9 Å². The fraction of sp³-hybridized carbons (Fsp3) is 0.424. The highest BCUT2D eigenvalue weighted by Crippen LogP contribution is 2.48. The van der Waals surface area contributed by atoms with Crippen molar-refractivity contribution in [3.63, 3.8) is 0 Å². The van der Waals surface area contributed by atoms with Crippen molar-refractivity contribution in [1.29, 1.82) is 0 Å². The van der Waals surface area contributed by atoms with E-state index in [1.54, 1.807) is 12.1 Å². The Bertz CT molecular complexity index is 1670. The molecule has 1 fully saturated rings. The van der Waals surface area contributed by atoms with Gasteiger partial charge in [0.15, 0.2) is 6.61 Å². The zero-order chi connectivity index (χ0) is 36.5. The number of aliphatic carboxylic acids is 1. The van der Waals surface area contributed by atoms with Crippen LogP contribution in [0.4, 0.5) is 30.8 Å². The molecule has 2 amide bonds. The van der Waals surface area contributed by atoms with Crippen LogP contribution in [0.15, 0.2) is 48.5 Å². The van der Waals surface area contributed by atoms with Gasteiger partial charge in [-0.15, -0.1) is 0 Å². The molecule has 268 valence electrons. The summed E-state index contributed by atoms with van der Waals surface area (Å²) in [6, 6.07) is 10.9. The maximum absolute atomic E-state index is 12.9. The van der Waals surface area contributed by atoms with Crippen LogP contribution in [0.5, 0.6) is 6.01 Å². The third kappa shape index (κ3) is 11.0. The van der Waals surface area contributed by atoms with E-state index in [4.69, 9.17) is 16.3 Å². The second-order valence-corrected chi connectivity index (χ2v) is 12.2. The number of hydrogen-bond donors (Lipinski definition) is 5. The molecule has 1 aromatic heterocycles. The molecule has 5 N–H and O–H groups in total. The molecule has 0 spiro atoms. The number of ether oxygens (including phenoxy) is 1. The van der Waals surface area contributed by atoms with Gasteiger partial charge < -0.3 is 31.1 Å². The number of carbonyl (C=O) groups excluding carboxylic acids is 3. The standard InChI is InChI=1S/C33H37ClF3N7O6/c1-3-19(4-2)17-25(45)27(47)38-16-13-24(28(48)49)40-26(46)20-5-11-23(12-6-20)39-29-41-30(43-31(42-29)50-18-33(35,36)37)44-32(14-15-32)21-7-9-22(34)10-8-21/h5-12,19,24H,3-4,13-18H2,1-2H3,(H,38,47)(H,40,46)(H,48,49)(H2,39,41,42,43,44)/t24-/m0/s1. The summed E-state index contributed by atoms with van der Waals surface area (Å²) in [5, 5.41) is 21.0. The molecule has 0 aliphatic heterocycles. The van der Waals surface area contributed by atoms with Crippen LogP contribution >= 0.6 is 11.6 Å². The lowest BCUT2D eigenvalue weighted by Gasteiger charge is -2.19. The number of hydrogen-bond acceptors (Lipinski definition) is 10. The number of halogens is 4. The first kappa shape index (κ1) is 37.8. The molecule has 1 aliphatic carbocycles. The number of rotatable bonds is 18. The van der Waals surface area contributed by atoms with E-state index in [0.29, 0.717) is 23.6 Å². The van der Waals surface area contributed by atoms with Crippen molar-refractivity contribution < 1.29 is 42.2 Å². The van der Waals surface area contributed by atoms with Crippen molar-refractivity contribution in [1.82, 2.24) is 25.6 Å². The SMILES string of the molecule is CCC(CC)CC(=O)C(=O)NCC[C@H](NC(=O)c1ccc(Nc2nc(NC3(c4ccc(Cl)cc4)CC3)nc(OCC(F)(F)F)n2)cc1)C(=O)O. The highest BCUT2D eigenvalue weighted by Gasteiger charge is 2.45. The predicted octanol–water partition coefficient (Wildman–Crippen LogP) is 5.40. The Kier molecular flexibility index (Phi) is 12.6. The van der Waals surface area contributed by atoms with Gasteiger partial charge in [0.2, 0.25) is 17.7 Å². The number of Topliss-reactive ketones (excluding diaryl/α,β-unsaturated/α-hetero) is 1. The Morgan fingerprint density at radius 1 is 0.960 bits per heavy atom. The quantitative estimate of drug-likeness (QED) is 0.106. The van der Waals surface area contributed by atoms with Crippen LogP contribution in [0, 0.1) is 5.92 Å². The maximum atomic E-state index is 12.9. The topological polar surface area (TPSA) is 185 Å². The molecule has 2 aromatic carbocycles. The van der Waals surface area contributed by atoms with E-state index >= 15 is 0 Å². The number of anilines is 3. The lowest BCUT2D eigenvalue weighted by Crippen LogP contribution is -2.43. The normalized spacial score (nSPS) is 14.0. The summed E-state index contributed by atoms with van der Waals surface area (Å²) in [5.41, 5.74) is 0.774. The number of ketones is 1. The maximum Gasteiger partial charge on any atom is 0.422 e. The second kappa shape index (κ2) is 16.6. The number of amides is 2. The van der Waals surface area contributed by atoms with Crippen LogP contribution in [0.25, 0.3) is 0 Å². The molecule has 0 bridgehead atoms. The molecule has 3 aromatic rings. The van der Waals surface area contributed by atoms with Crippen LogP contribution in [0.2, 0.25) is 5.02 Å². The van der Waals surface area contributed by atoms with Gasteiger partial charge in [-0.2, -0.15) is 28.1 Å². The third-order valence-corrected chi connectivity index (χ3v) is 8.34. The van der Waals surface area contributed by atoms with Gasteiger partial charge in [0, 0.05) is 29.2 Å². The van der Waals surface area contributed by atoms with Crippen LogP contribution in [0.3, 0.4) is 0 Å². The van der Waals surface area contributed by atoms with E-state index in [2.05, 4.69) is 36.2 Å². The van der Waals surface area contributed by atoms with Gasteiger partial charge in [0.05, 0.1) is 5.54 Å². The van der Waals surface area contributed by atoms with E-state index < -0.39 is 53.9 Å². The van der Waals surface area contributed by atoms with Gasteiger partial charge in [0.1, 0.15) is 6.04 Å². The molecular formula is C33H37ClF3N7O6. The number of aromatic nitrogens is 3.